The van der Waals surface area contributed by atoms with Gasteiger partial charge in [0.2, 0.25) is 0 Å². The molecular formula is C48H58IrNO2S2-. The topological polar surface area (TPSA) is 50.2 Å². The number of rotatable bonds is 11. The third kappa shape index (κ3) is 9.27. The Kier molecular flexibility index (Phi) is 14.3. The molecule has 0 fully saturated rings. The van der Waals surface area contributed by atoms with Crippen LogP contribution in [-0.4, -0.2) is 15.9 Å². The predicted octanol–water partition coefficient (Wildman–Crippen LogP) is 14.9. The average Bonchev–Trinajstić information content (AvgIpc) is 3.79. The minimum atomic E-state index is -0.337. The third-order valence-electron chi connectivity index (χ3n) is 11.5. The molecule has 0 saturated carbocycles. The first-order valence-electron chi connectivity index (χ1n) is 19.4. The zero-order valence-corrected chi connectivity index (χ0v) is 38.1. The number of pyridine rings is 1. The summed E-state index contributed by atoms with van der Waals surface area (Å²) in [6.45, 7) is 23.5. The van der Waals surface area contributed by atoms with Gasteiger partial charge in [-0.2, -0.15) is 0 Å². The number of carbonyl (C=O) groups excluding carboxylic acids is 1. The van der Waals surface area contributed by atoms with Gasteiger partial charge in [-0.25, -0.2) is 0 Å². The number of hydrogen-bond acceptors (Lipinski definition) is 5. The van der Waals surface area contributed by atoms with Crippen molar-refractivity contribution in [1.82, 2.24) is 4.98 Å². The molecular weight excluding hydrogens is 879 g/mol. The second-order valence-electron chi connectivity index (χ2n) is 16.6. The van der Waals surface area contributed by atoms with Crippen molar-refractivity contribution in [3.63, 3.8) is 0 Å². The van der Waals surface area contributed by atoms with Crippen LogP contribution in [0.4, 0.5) is 0 Å². The van der Waals surface area contributed by atoms with Crippen molar-refractivity contribution < 1.29 is 30.0 Å². The van der Waals surface area contributed by atoms with Crippen molar-refractivity contribution in [2.24, 2.45) is 16.7 Å². The number of fused-ring (bicyclic) bond motifs is 3. The number of hydrogen-bond donors (Lipinski definition) is 1. The van der Waals surface area contributed by atoms with Crippen LogP contribution in [0.3, 0.4) is 0 Å². The molecule has 0 aliphatic carbocycles. The predicted molar refractivity (Wildman–Crippen MR) is 233 cm³/mol. The summed E-state index contributed by atoms with van der Waals surface area (Å²) in [6, 6.07) is 26.0. The van der Waals surface area contributed by atoms with Crippen molar-refractivity contribution in [3.8, 4) is 22.4 Å². The first-order chi connectivity index (χ1) is 25.1. The summed E-state index contributed by atoms with van der Waals surface area (Å²) >= 11 is 3.57. The van der Waals surface area contributed by atoms with Crippen LogP contribution in [0.15, 0.2) is 83.3 Å². The van der Waals surface area contributed by atoms with Crippen molar-refractivity contribution in [2.45, 2.75) is 114 Å². The molecule has 0 amide bonds. The van der Waals surface area contributed by atoms with E-state index >= 15 is 0 Å². The van der Waals surface area contributed by atoms with E-state index in [0.29, 0.717) is 5.92 Å². The Hall–Kier alpha value is -3.15. The maximum atomic E-state index is 12.2. The summed E-state index contributed by atoms with van der Waals surface area (Å²) in [4.78, 5) is 18.4. The van der Waals surface area contributed by atoms with Crippen LogP contribution >= 0.6 is 22.7 Å². The molecule has 3 nitrogen and oxygen atoms in total. The van der Waals surface area contributed by atoms with Crippen molar-refractivity contribution in [3.05, 3.63) is 100 Å². The maximum Gasteiger partial charge on any atom is 0.164 e. The third-order valence-corrected chi connectivity index (χ3v) is 13.3. The van der Waals surface area contributed by atoms with E-state index in [-0.39, 0.29) is 47.9 Å². The van der Waals surface area contributed by atoms with Gasteiger partial charge >= 0.3 is 0 Å². The molecule has 6 heteroatoms. The van der Waals surface area contributed by atoms with Crippen molar-refractivity contribution in [1.29, 1.82) is 0 Å². The average molecular weight is 937 g/mol. The fourth-order valence-electron chi connectivity index (χ4n) is 6.85. The zero-order chi connectivity index (χ0) is 38.7. The van der Waals surface area contributed by atoms with Gasteiger partial charge in [0.25, 0.3) is 0 Å². The maximum absolute atomic E-state index is 12.2. The van der Waals surface area contributed by atoms with Gasteiger partial charge < -0.3 is 5.11 Å². The molecule has 1 radical (unpaired) electrons. The summed E-state index contributed by atoms with van der Waals surface area (Å²) in [5.41, 5.74) is 6.77. The Bertz CT molecular complexity index is 2240. The molecule has 1 N–H and O–H groups in total. The number of allylic oxidation sites excluding steroid dienone is 2. The van der Waals surface area contributed by atoms with Gasteiger partial charge in [0, 0.05) is 52.8 Å². The van der Waals surface area contributed by atoms with Gasteiger partial charge in [-0.15, -0.1) is 51.8 Å². The molecule has 0 saturated heterocycles. The van der Waals surface area contributed by atoms with E-state index in [0.717, 1.165) is 53.6 Å². The molecule has 0 aliphatic heterocycles. The Morgan fingerprint density at radius 1 is 0.833 bits per heavy atom. The molecule has 0 spiro atoms. The Morgan fingerprint density at radius 3 is 2.13 bits per heavy atom. The number of benzene rings is 3. The summed E-state index contributed by atoms with van der Waals surface area (Å²) in [5.74, 6) is 0.945. The van der Waals surface area contributed by atoms with E-state index in [2.05, 4.69) is 112 Å². The van der Waals surface area contributed by atoms with Gasteiger partial charge in [0.15, 0.2) is 5.78 Å². The minimum Gasteiger partial charge on any atom is -0.512 e. The SMILES string of the molecule is CC(C)Cc1csc2cc(-c3cc(-c4[c-]c5ccccc5c(C(C)(C)C)c4)nc4sccc34)ccc12.CCC(C)(CC)C(=O)/C=C(\O)C(C)(CC)CC.[Ir]. The number of thiophene rings is 2. The normalized spacial score (nSPS) is 12.6. The van der Waals surface area contributed by atoms with Gasteiger partial charge in [-0.05, 0) is 88.4 Å². The van der Waals surface area contributed by atoms with Gasteiger partial charge in [0.05, 0.1) is 0 Å². The number of aliphatic hydroxyl groups is 1. The second-order valence-corrected chi connectivity index (χ2v) is 18.4. The molecule has 54 heavy (non-hydrogen) atoms. The van der Waals surface area contributed by atoms with E-state index in [1.807, 2.05) is 52.9 Å². The fourth-order valence-corrected chi connectivity index (χ4v) is 8.65. The number of nitrogens with zero attached hydrogens (tertiary/aromatic N) is 1. The standard InChI is InChI=1S/C33H30NS2.C15H28O2.Ir/c1-20(2)14-24-19-36-31-17-22(10-11-26(24)31)28-18-30(34-32-27(28)12-13-35-32)23-15-21-8-6-7-9-25(21)29(16-23)33(3,4)5;1-7-14(5,8-2)12(16)11-13(17)15(6,9-3)10-4;/h6-13,16-20H,14H2,1-5H3;11,16H,7-10H2,1-6H3;/q-1;;/b;12-11-;. The number of carbonyl (C=O) groups is 1. The first-order valence-corrected chi connectivity index (χ1v) is 21.1. The monoisotopic (exact) mass is 937 g/mol. The Labute approximate surface area is 345 Å². The van der Waals surface area contributed by atoms with Gasteiger partial charge in [-0.1, -0.05) is 124 Å². The van der Waals surface area contributed by atoms with Crippen LogP contribution in [-0.2, 0) is 36.7 Å². The van der Waals surface area contributed by atoms with Crippen LogP contribution in [0.5, 0.6) is 0 Å². The Balaban J connectivity index is 0.000000309. The molecule has 0 unspecified atom stereocenters. The second kappa shape index (κ2) is 17.8. The summed E-state index contributed by atoms with van der Waals surface area (Å²) in [5, 5.41) is 19.7. The smallest absolute Gasteiger partial charge is 0.164 e. The van der Waals surface area contributed by atoms with Crippen LogP contribution in [0.25, 0.3) is 53.5 Å². The van der Waals surface area contributed by atoms with Crippen LogP contribution < -0.4 is 0 Å². The molecule has 3 aromatic heterocycles. The largest absolute Gasteiger partial charge is 0.512 e. The first kappa shape index (κ1) is 43.6. The molecule has 0 bridgehead atoms. The van der Waals surface area contributed by atoms with E-state index in [9.17, 15) is 9.90 Å². The van der Waals surface area contributed by atoms with Crippen LogP contribution in [0.2, 0.25) is 0 Å². The van der Waals surface area contributed by atoms with E-state index in [4.69, 9.17) is 4.98 Å². The van der Waals surface area contributed by atoms with E-state index in [1.54, 1.807) is 11.3 Å². The van der Waals surface area contributed by atoms with E-state index in [1.165, 1.54) is 49.2 Å². The van der Waals surface area contributed by atoms with Crippen LogP contribution in [0, 0.1) is 22.8 Å². The van der Waals surface area contributed by atoms with Gasteiger partial charge in [0.1, 0.15) is 10.6 Å². The number of ketones is 1. The molecule has 3 heterocycles. The number of aromatic nitrogens is 1. The minimum absolute atomic E-state index is 0. The quantitative estimate of drug-likeness (QED) is 0.0800. The number of aliphatic hydroxyl groups excluding tert-OH is 1. The van der Waals surface area contributed by atoms with Crippen molar-refractivity contribution >= 4 is 59.5 Å². The molecule has 3 aromatic carbocycles. The van der Waals surface area contributed by atoms with Crippen LogP contribution in [0.1, 0.15) is 113 Å². The summed E-state index contributed by atoms with van der Waals surface area (Å²) < 4.78 is 1.36. The van der Waals surface area contributed by atoms with E-state index < -0.39 is 0 Å². The molecule has 0 aliphatic rings. The molecule has 0 atom stereocenters. The molecule has 6 aromatic rings. The molecule has 289 valence electrons. The van der Waals surface area contributed by atoms with Gasteiger partial charge in [-0.3, -0.25) is 9.78 Å². The van der Waals surface area contributed by atoms with Crippen molar-refractivity contribution in [2.75, 3.05) is 0 Å². The summed E-state index contributed by atoms with van der Waals surface area (Å²) in [6.07, 6.45) is 5.88. The Morgan fingerprint density at radius 2 is 1.50 bits per heavy atom. The molecule has 6 rings (SSSR count). The zero-order valence-electron chi connectivity index (χ0n) is 34.1. The summed E-state index contributed by atoms with van der Waals surface area (Å²) in [7, 11) is 0. The fraction of sp³-hybridized carbons (Fsp3) is 0.417.